The van der Waals surface area contributed by atoms with E-state index in [2.05, 4.69) is 51.0 Å². The van der Waals surface area contributed by atoms with E-state index in [-0.39, 0.29) is 0 Å². The van der Waals surface area contributed by atoms with Crippen LogP contribution in [0, 0.1) is 18.3 Å². The summed E-state index contributed by atoms with van der Waals surface area (Å²) in [6.45, 7) is 12.1. The molecule has 1 aromatic heterocycles. The van der Waals surface area contributed by atoms with E-state index >= 15 is 0 Å². The molecular formula is C13H22N2. The summed E-state index contributed by atoms with van der Waals surface area (Å²) in [4.78, 5) is 4.33. The quantitative estimate of drug-likeness (QED) is 0.815. The van der Waals surface area contributed by atoms with Gasteiger partial charge in [0.15, 0.2) is 0 Å². The van der Waals surface area contributed by atoms with Gasteiger partial charge in [-0.2, -0.15) is 0 Å². The molecule has 0 atom stereocenters. The molecule has 1 aromatic rings. The fourth-order valence-electron chi connectivity index (χ4n) is 1.09. The Bertz CT molecular complexity index is 299. The van der Waals surface area contributed by atoms with Gasteiger partial charge in [0.2, 0.25) is 0 Å². The molecule has 0 saturated carbocycles. The van der Waals surface area contributed by atoms with Crippen LogP contribution in [0.15, 0.2) is 18.3 Å². The maximum atomic E-state index is 4.33. The van der Waals surface area contributed by atoms with Crippen LogP contribution in [-0.4, -0.2) is 11.5 Å². The molecule has 1 heterocycles. The molecule has 0 unspecified atom stereocenters. The summed E-state index contributed by atoms with van der Waals surface area (Å²) in [6.07, 6.45) is 1.89. The summed E-state index contributed by atoms with van der Waals surface area (Å²) >= 11 is 0. The highest BCUT2D eigenvalue weighted by molar-refractivity contribution is 5.35. The van der Waals surface area contributed by atoms with Crippen molar-refractivity contribution >= 4 is 5.82 Å². The van der Waals surface area contributed by atoms with Crippen molar-refractivity contribution in [2.45, 2.75) is 34.6 Å². The van der Waals surface area contributed by atoms with Crippen molar-refractivity contribution < 1.29 is 0 Å². The molecule has 1 N–H and O–H groups in total. The average Bonchev–Trinajstić information content (AvgIpc) is 2.17. The van der Waals surface area contributed by atoms with Gasteiger partial charge in [-0.3, -0.25) is 0 Å². The lowest BCUT2D eigenvalue weighted by atomic mass is 9.81. The molecule has 1 rings (SSSR count). The molecule has 0 radical (unpaired) electrons. The van der Waals surface area contributed by atoms with Crippen LogP contribution in [-0.2, 0) is 0 Å². The third kappa shape index (κ3) is 3.54. The molecule has 2 nitrogen and oxygen atoms in total. The lowest BCUT2D eigenvalue weighted by molar-refractivity contribution is 0.269. The highest BCUT2D eigenvalue weighted by atomic mass is 15.0. The van der Waals surface area contributed by atoms with Crippen LogP contribution < -0.4 is 5.32 Å². The second-order valence-corrected chi connectivity index (χ2v) is 5.22. The number of hydrogen-bond donors (Lipinski definition) is 1. The molecule has 0 fully saturated rings. The van der Waals surface area contributed by atoms with Crippen LogP contribution in [0.2, 0.25) is 0 Å². The summed E-state index contributed by atoms with van der Waals surface area (Å²) in [5.74, 6) is 1.63. The summed E-state index contributed by atoms with van der Waals surface area (Å²) in [7, 11) is 0. The van der Waals surface area contributed by atoms with E-state index < -0.39 is 0 Å². The van der Waals surface area contributed by atoms with Crippen molar-refractivity contribution in [2.75, 3.05) is 11.9 Å². The van der Waals surface area contributed by atoms with Gasteiger partial charge in [-0.25, -0.2) is 4.98 Å². The number of nitrogens with one attached hydrogen (secondary N) is 1. The highest BCUT2D eigenvalue weighted by Crippen LogP contribution is 2.25. The molecule has 84 valence electrons. The maximum absolute atomic E-state index is 4.33. The predicted octanol–water partition coefficient (Wildman–Crippen LogP) is 3.48. The number of nitrogens with zero attached hydrogens (tertiary/aromatic N) is 1. The van der Waals surface area contributed by atoms with Gasteiger partial charge in [0.05, 0.1) is 0 Å². The maximum Gasteiger partial charge on any atom is 0.125 e. The average molecular weight is 206 g/mol. The van der Waals surface area contributed by atoms with Crippen molar-refractivity contribution in [3.05, 3.63) is 23.9 Å². The Morgan fingerprint density at radius 3 is 2.47 bits per heavy atom. The number of aromatic nitrogens is 1. The molecule has 0 aromatic carbocycles. The number of rotatable bonds is 4. The number of aryl methyl sites for hydroxylation is 1. The van der Waals surface area contributed by atoms with Crippen molar-refractivity contribution in [1.29, 1.82) is 0 Å². The molecular weight excluding hydrogens is 184 g/mol. The lowest BCUT2D eigenvalue weighted by Gasteiger charge is -2.29. The van der Waals surface area contributed by atoms with Gasteiger partial charge in [-0.15, -0.1) is 0 Å². The first kappa shape index (κ1) is 12.0. The van der Waals surface area contributed by atoms with Crippen LogP contribution in [0.3, 0.4) is 0 Å². The predicted molar refractivity (Wildman–Crippen MR) is 66.1 cm³/mol. The normalized spacial score (nSPS) is 11.9. The van der Waals surface area contributed by atoms with E-state index in [1.165, 1.54) is 5.56 Å². The molecule has 0 aliphatic carbocycles. The Morgan fingerprint density at radius 2 is 2.00 bits per heavy atom. The topological polar surface area (TPSA) is 24.9 Å². The van der Waals surface area contributed by atoms with Gasteiger partial charge in [0, 0.05) is 12.7 Å². The first-order chi connectivity index (χ1) is 6.92. The van der Waals surface area contributed by atoms with Gasteiger partial charge in [-0.1, -0.05) is 33.8 Å². The van der Waals surface area contributed by atoms with Gasteiger partial charge < -0.3 is 5.32 Å². The zero-order chi connectivity index (χ0) is 11.5. The molecule has 2 heteroatoms. The van der Waals surface area contributed by atoms with Gasteiger partial charge in [-0.05, 0) is 29.9 Å². The fraction of sp³-hybridized carbons (Fsp3) is 0.615. The van der Waals surface area contributed by atoms with E-state index in [0.29, 0.717) is 11.3 Å². The molecule has 0 amide bonds. The van der Waals surface area contributed by atoms with Crippen LogP contribution in [0.1, 0.15) is 33.3 Å². The SMILES string of the molecule is Cc1ccc(NCC(C)(C)C(C)C)nc1. The third-order valence-corrected chi connectivity index (χ3v) is 3.20. The minimum atomic E-state index is 0.298. The van der Waals surface area contributed by atoms with Crippen LogP contribution in [0.4, 0.5) is 5.82 Å². The minimum Gasteiger partial charge on any atom is -0.370 e. The summed E-state index contributed by atoms with van der Waals surface area (Å²) in [6, 6.07) is 4.11. The number of anilines is 1. The second-order valence-electron chi connectivity index (χ2n) is 5.22. The Kier molecular flexibility index (Phi) is 3.72. The van der Waals surface area contributed by atoms with Gasteiger partial charge in [0.25, 0.3) is 0 Å². The highest BCUT2D eigenvalue weighted by Gasteiger charge is 2.21. The van der Waals surface area contributed by atoms with E-state index in [0.717, 1.165) is 12.4 Å². The first-order valence-electron chi connectivity index (χ1n) is 5.58. The molecule has 0 aliphatic rings. The second kappa shape index (κ2) is 4.65. The zero-order valence-corrected chi connectivity index (χ0v) is 10.5. The van der Waals surface area contributed by atoms with Crippen LogP contribution in [0.25, 0.3) is 0 Å². The standard InChI is InChI=1S/C13H22N2/c1-10(2)13(4,5)9-15-12-7-6-11(3)8-14-12/h6-8,10H,9H2,1-5H3,(H,14,15). The summed E-state index contributed by atoms with van der Waals surface area (Å²) in [5, 5.41) is 3.38. The molecule has 15 heavy (non-hydrogen) atoms. The molecule has 0 saturated heterocycles. The monoisotopic (exact) mass is 206 g/mol. The number of pyridine rings is 1. The summed E-state index contributed by atoms with van der Waals surface area (Å²) in [5.41, 5.74) is 1.50. The van der Waals surface area contributed by atoms with E-state index in [4.69, 9.17) is 0 Å². The van der Waals surface area contributed by atoms with Crippen molar-refractivity contribution in [3.8, 4) is 0 Å². The van der Waals surface area contributed by atoms with E-state index in [1.807, 2.05) is 12.3 Å². The Labute approximate surface area is 93.1 Å². The number of hydrogen-bond acceptors (Lipinski definition) is 2. The van der Waals surface area contributed by atoms with E-state index in [9.17, 15) is 0 Å². The molecule has 0 aliphatic heterocycles. The smallest absolute Gasteiger partial charge is 0.125 e. The summed E-state index contributed by atoms with van der Waals surface area (Å²) < 4.78 is 0. The minimum absolute atomic E-state index is 0.298. The zero-order valence-electron chi connectivity index (χ0n) is 10.5. The Morgan fingerprint density at radius 1 is 1.33 bits per heavy atom. The van der Waals surface area contributed by atoms with Crippen LogP contribution >= 0.6 is 0 Å². The van der Waals surface area contributed by atoms with Crippen molar-refractivity contribution in [2.24, 2.45) is 11.3 Å². The van der Waals surface area contributed by atoms with Crippen molar-refractivity contribution in [1.82, 2.24) is 4.98 Å². The third-order valence-electron chi connectivity index (χ3n) is 3.20. The molecule has 0 spiro atoms. The molecule has 0 bridgehead atoms. The lowest BCUT2D eigenvalue weighted by Crippen LogP contribution is -2.28. The van der Waals surface area contributed by atoms with Crippen molar-refractivity contribution in [3.63, 3.8) is 0 Å². The largest absolute Gasteiger partial charge is 0.370 e. The fourth-order valence-corrected chi connectivity index (χ4v) is 1.09. The van der Waals surface area contributed by atoms with E-state index in [1.54, 1.807) is 0 Å². The Hall–Kier alpha value is -1.05. The first-order valence-corrected chi connectivity index (χ1v) is 5.58. The van der Waals surface area contributed by atoms with Gasteiger partial charge in [0.1, 0.15) is 5.82 Å². The van der Waals surface area contributed by atoms with Crippen LogP contribution in [0.5, 0.6) is 0 Å². The Balaban J connectivity index is 2.54. The van der Waals surface area contributed by atoms with Gasteiger partial charge >= 0.3 is 0 Å².